The van der Waals surface area contributed by atoms with Crippen LogP contribution in [0.15, 0.2) is 17.1 Å². The van der Waals surface area contributed by atoms with Gasteiger partial charge in [-0.15, -0.1) is 0 Å². The average molecular weight is 286 g/mol. The van der Waals surface area contributed by atoms with E-state index in [0.717, 1.165) is 12.2 Å². The third-order valence-corrected chi connectivity index (χ3v) is 3.61. The third-order valence-electron chi connectivity index (χ3n) is 3.61. The molecular formula is C15H18N4O2. The predicted octanol–water partition coefficient (Wildman–Crippen LogP) is 1.38. The first-order valence-electron chi connectivity index (χ1n) is 6.95. The molecule has 2 heterocycles. The summed E-state index contributed by atoms with van der Waals surface area (Å²) in [5, 5.41) is 9.48. The van der Waals surface area contributed by atoms with Crippen LogP contribution in [0, 0.1) is 11.3 Å². The maximum atomic E-state index is 9.48. The highest BCUT2D eigenvalue weighted by Crippen LogP contribution is 2.41. The number of nitriles is 1. The molecule has 1 fully saturated rings. The average Bonchev–Trinajstić information content (AvgIpc) is 2.51. The molecule has 1 saturated heterocycles. The fourth-order valence-electron chi connectivity index (χ4n) is 2.62. The highest BCUT2D eigenvalue weighted by atomic mass is 16.5. The van der Waals surface area contributed by atoms with Gasteiger partial charge in [0.1, 0.15) is 18.2 Å². The zero-order chi connectivity index (χ0) is 14.8. The van der Waals surface area contributed by atoms with Gasteiger partial charge in [-0.3, -0.25) is 0 Å². The Balaban J connectivity index is 2.01. The number of benzene rings is 1. The Labute approximate surface area is 124 Å². The molecule has 0 N–H and O–H groups in total. The minimum atomic E-state index is 0.230. The minimum absolute atomic E-state index is 0.230. The Kier molecular flexibility index (Phi) is 3.67. The van der Waals surface area contributed by atoms with Gasteiger partial charge in [-0.1, -0.05) is 0 Å². The fourth-order valence-corrected chi connectivity index (χ4v) is 2.62. The molecular weight excluding hydrogens is 268 g/mol. The number of anilines is 1. The predicted molar refractivity (Wildman–Crippen MR) is 80.4 cm³/mol. The van der Waals surface area contributed by atoms with Crippen LogP contribution in [0.2, 0.25) is 0 Å². The smallest absolute Gasteiger partial charge is 0.162 e. The fraction of sp³-hybridized carbons (Fsp3) is 0.467. The highest BCUT2D eigenvalue weighted by molar-refractivity contribution is 5.76. The van der Waals surface area contributed by atoms with Crippen LogP contribution in [0.4, 0.5) is 11.4 Å². The van der Waals surface area contributed by atoms with Crippen LogP contribution in [0.3, 0.4) is 0 Å². The van der Waals surface area contributed by atoms with E-state index in [0.29, 0.717) is 36.8 Å². The molecule has 0 unspecified atom stereocenters. The normalized spacial score (nSPS) is 20.4. The Bertz CT molecular complexity index is 606. The summed E-state index contributed by atoms with van der Waals surface area (Å²) in [4.78, 5) is 8.44. The molecule has 2 aliphatic heterocycles. The van der Waals surface area contributed by atoms with Gasteiger partial charge in [-0.05, 0) is 12.1 Å². The van der Waals surface area contributed by atoms with Gasteiger partial charge < -0.3 is 19.3 Å². The molecule has 0 aliphatic carbocycles. The lowest BCUT2D eigenvalue weighted by molar-refractivity contribution is 0.0704. The highest BCUT2D eigenvalue weighted by Gasteiger charge is 2.32. The zero-order valence-electron chi connectivity index (χ0n) is 12.2. The lowest BCUT2D eigenvalue weighted by Gasteiger charge is -2.41. The van der Waals surface area contributed by atoms with Crippen LogP contribution in [0.5, 0.6) is 5.75 Å². The van der Waals surface area contributed by atoms with Gasteiger partial charge in [-0.2, -0.15) is 5.26 Å². The van der Waals surface area contributed by atoms with Crippen LogP contribution in [-0.4, -0.2) is 57.7 Å². The van der Waals surface area contributed by atoms with Crippen LogP contribution in [-0.2, 0) is 4.74 Å². The number of hydrogen-bond acceptors (Lipinski definition) is 5. The molecule has 0 amide bonds. The van der Waals surface area contributed by atoms with Gasteiger partial charge in [0.25, 0.3) is 0 Å². The number of nitrogens with zero attached hydrogens (tertiary/aromatic N) is 4. The molecule has 0 aromatic heterocycles. The van der Waals surface area contributed by atoms with E-state index in [4.69, 9.17) is 9.47 Å². The molecule has 1 atom stereocenters. The van der Waals surface area contributed by atoms with E-state index < -0.39 is 0 Å². The Morgan fingerprint density at radius 2 is 2.29 bits per heavy atom. The number of morpholine rings is 1. The lowest BCUT2D eigenvalue weighted by Crippen LogP contribution is -2.51. The minimum Gasteiger partial charge on any atom is -0.488 e. The van der Waals surface area contributed by atoms with Gasteiger partial charge >= 0.3 is 0 Å². The van der Waals surface area contributed by atoms with Crippen molar-refractivity contribution in [2.45, 2.75) is 6.04 Å². The summed E-state index contributed by atoms with van der Waals surface area (Å²) in [6.07, 6.45) is 1.68. The van der Waals surface area contributed by atoms with Gasteiger partial charge in [0.2, 0.25) is 0 Å². The van der Waals surface area contributed by atoms with Crippen LogP contribution in [0.1, 0.15) is 5.56 Å². The molecule has 1 aromatic rings. The van der Waals surface area contributed by atoms with E-state index in [1.54, 1.807) is 6.34 Å². The molecule has 110 valence electrons. The number of hydrogen-bond donors (Lipinski definition) is 0. The standard InChI is InChI=1S/C15H18N4O2/c1-18(2)10-17-13-3-4-14-15(12(13)7-16)21-9-11-8-20-6-5-19(11)14/h3-4,10-11H,5-6,8-9H2,1-2H3/t11-/m1/s1. The summed E-state index contributed by atoms with van der Waals surface area (Å²) in [7, 11) is 3.78. The number of rotatable bonds is 2. The largest absolute Gasteiger partial charge is 0.488 e. The van der Waals surface area contributed by atoms with E-state index in [9.17, 15) is 5.26 Å². The first-order valence-corrected chi connectivity index (χ1v) is 6.95. The summed E-state index contributed by atoms with van der Waals surface area (Å²) in [6, 6.07) is 6.31. The van der Waals surface area contributed by atoms with E-state index >= 15 is 0 Å². The molecule has 21 heavy (non-hydrogen) atoms. The SMILES string of the molecule is CN(C)C=Nc1ccc2c(c1C#N)OC[C@H]1COCCN21. The van der Waals surface area contributed by atoms with Crippen molar-refractivity contribution in [3.63, 3.8) is 0 Å². The van der Waals surface area contributed by atoms with Crippen molar-refractivity contribution < 1.29 is 9.47 Å². The van der Waals surface area contributed by atoms with Gasteiger partial charge in [0.15, 0.2) is 5.75 Å². The second-order valence-corrected chi connectivity index (χ2v) is 5.36. The molecule has 0 bridgehead atoms. The van der Waals surface area contributed by atoms with E-state index in [1.165, 1.54) is 0 Å². The summed E-state index contributed by atoms with van der Waals surface area (Å²) in [5.74, 6) is 0.643. The maximum Gasteiger partial charge on any atom is 0.162 e. The van der Waals surface area contributed by atoms with Crippen molar-refractivity contribution in [2.75, 3.05) is 45.4 Å². The molecule has 2 aliphatic rings. The van der Waals surface area contributed by atoms with Gasteiger partial charge in [0, 0.05) is 20.6 Å². The van der Waals surface area contributed by atoms with Crippen LogP contribution >= 0.6 is 0 Å². The monoisotopic (exact) mass is 286 g/mol. The third kappa shape index (κ3) is 2.52. The summed E-state index contributed by atoms with van der Waals surface area (Å²) >= 11 is 0. The van der Waals surface area contributed by atoms with Crippen molar-refractivity contribution >= 4 is 17.7 Å². The first kappa shape index (κ1) is 13.7. The van der Waals surface area contributed by atoms with Gasteiger partial charge in [-0.25, -0.2) is 4.99 Å². The van der Waals surface area contributed by atoms with Crippen molar-refractivity contribution in [3.8, 4) is 11.8 Å². The van der Waals surface area contributed by atoms with E-state index in [-0.39, 0.29) is 6.04 Å². The number of fused-ring (bicyclic) bond motifs is 3. The van der Waals surface area contributed by atoms with Crippen molar-refractivity contribution in [2.24, 2.45) is 4.99 Å². The molecule has 6 heteroatoms. The number of ether oxygens (including phenoxy) is 2. The molecule has 6 nitrogen and oxygen atoms in total. The number of aliphatic imine (C=N–C) groups is 1. The Morgan fingerprint density at radius 3 is 3.05 bits per heavy atom. The topological polar surface area (TPSA) is 61.1 Å². The molecule has 0 saturated carbocycles. The molecule has 3 rings (SSSR count). The zero-order valence-corrected chi connectivity index (χ0v) is 12.2. The van der Waals surface area contributed by atoms with Crippen LogP contribution in [0.25, 0.3) is 0 Å². The Hall–Kier alpha value is -2.26. The molecule has 0 spiro atoms. The molecule has 1 aromatic carbocycles. The Morgan fingerprint density at radius 1 is 1.43 bits per heavy atom. The summed E-state index contributed by atoms with van der Waals surface area (Å²) in [6.45, 7) is 2.74. The maximum absolute atomic E-state index is 9.48. The van der Waals surface area contributed by atoms with Crippen LogP contribution < -0.4 is 9.64 Å². The lowest BCUT2D eigenvalue weighted by atomic mass is 10.1. The van der Waals surface area contributed by atoms with Gasteiger partial charge in [0.05, 0.1) is 37.0 Å². The second-order valence-electron chi connectivity index (χ2n) is 5.36. The molecule has 0 radical (unpaired) electrons. The first-order chi connectivity index (χ1) is 10.2. The second kappa shape index (κ2) is 5.62. The van der Waals surface area contributed by atoms with E-state index in [1.807, 2.05) is 31.1 Å². The van der Waals surface area contributed by atoms with Crippen molar-refractivity contribution in [3.05, 3.63) is 17.7 Å². The van der Waals surface area contributed by atoms with E-state index in [2.05, 4.69) is 16.0 Å². The van der Waals surface area contributed by atoms with Crippen molar-refractivity contribution in [1.82, 2.24) is 4.90 Å². The summed E-state index contributed by atoms with van der Waals surface area (Å²) in [5.41, 5.74) is 2.10. The summed E-state index contributed by atoms with van der Waals surface area (Å²) < 4.78 is 11.3. The quantitative estimate of drug-likeness (QED) is 0.607. The van der Waals surface area contributed by atoms with Crippen molar-refractivity contribution in [1.29, 1.82) is 5.26 Å².